The Kier molecular flexibility index (Phi) is 5.76. The minimum atomic E-state index is 0.0876. The summed E-state index contributed by atoms with van der Waals surface area (Å²) in [4.78, 5) is 18.8. The van der Waals surface area contributed by atoms with Crippen LogP contribution in [0.15, 0.2) is 71.7 Å². The Morgan fingerprint density at radius 1 is 1.14 bits per heavy atom. The lowest BCUT2D eigenvalue weighted by atomic mass is 9.99. The van der Waals surface area contributed by atoms with Crippen molar-refractivity contribution in [3.05, 3.63) is 82.9 Å². The maximum Gasteiger partial charge on any atom is 0.253 e. The van der Waals surface area contributed by atoms with Crippen molar-refractivity contribution >= 4 is 21.8 Å². The second-order valence-corrected chi connectivity index (χ2v) is 7.88. The van der Waals surface area contributed by atoms with E-state index in [4.69, 9.17) is 4.74 Å². The quantitative estimate of drug-likeness (QED) is 0.573. The molecule has 1 aliphatic heterocycles. The number of ether oxygens (including phenoxy) is 1. The van der Waals surface area contributed by atoms with Gasteiger partial charge in [0, 0.05) is 41.4 Å². The average Bonchev–Trinajstić information content (AvgIpc) is 3.41. The Morgan fingerprint density at radius 3 is 2.64 bits per heavy atom. The van der Waals surface area contributed by atoms with E-state index >= 15 is 0 Å². The fourth-order valence-electron chi connectivity index (χ4n) is 3.52. The number of rotatable bonds is 6. The molecule has 4 rings (SSSR count). The normalized spacial score (nSPS) is 16.3. The number of hydrogen-bond donors (Lipinski definition) is 0. The van der Waals surface area contributed by atoms with Crippen LogP contribution in [0.5, 0.6) is 5.75 Å². The largest absolute Gasteiger partial charge is 0.492 e. The Labute approximate surface area is 173 Å². The minimum Gasteiger partial charge on any atom is -0.492 e. The van der Waals surface area contributed by atoms with E-state index < -0.39 is 0 Å². The fourth-order valence-corrected chi connectivity index (χ4v) is 3.78. The van der Waals surface area contributed by atoms with E-state index in [9.17, 15) is 4.79 Å². The van der Waals surface area contributed by atoms with E-state index in [0.717, 1.165) is 36.3 Å². The number of hydrogen-bond acceptors (Lipinski definition) is 3. The van der Waals surface area contributed by atoms with Crippen LogP contribution < -0.4 is 4.74 Å². The second kappa shape index (κ2) is 8.61. The van der Waals surface area contributed by atoms with Crippen molar-refractivity contribution in [1.29, 1.82) is 0 Å². The zero-order valence-electron chi connectivity index (χ0n) is 15.5. The first-order chi connectivity index (χ1) is 13.7. The molecule has 0 saturated carbocycles. The van der Waals surface area contributed by atoms with E-state index in [1.807, 2.05) is 39.9 Å². The highest BCUT2D eigenvalue weighted by Crippen LogP contribution is 2.29. The van der Waals surface area contributed by atoms with E-state index in [-0.39, 0.29) is 5.91 Å². The zero-order chi connectivity index (χ0) is 19.3. The summed E-state index contributed by atoms with van der Waals surface area (Å²) in [5, 5.41) is 0. The first-order valence-electron chi connectivity index (χ1n) is 9.42. The molecule has 144 valence electrons. The van der Waals surface area contributed by atoms with Gasteiger partial charge in [0.15, 0.2) is 0 Å². The summed E-state index contributed by atoms with van der Waals surface area (Å²) in [7, 11) is 0. The van der Waals surface area contributed by atoms with Crippen molar-refractivity contribution in [3.63, 3.8) is 0 Å². The number of carbonyl (C=O) groups excluding carboxylic acids is 1. The third-order valence-corrected chi connectivity index (χ3v) is 5.62. The summed E-state index contributed by atoms with van der Waals surface area (Å²) >= 11 is 3.47. The number of nitrogens with zero attached hydrogens (tertiary/aromatic N) is 3. The highest BCUT2D eigenvalue weighted by Gasteiger charge is 2.27. The third-order valence-electron chi connectivity index (χ3n) is 5.10. The van der Waals surface area contributed by atoms with Crippen molar-refractivity contribution in [3.8, 4) is 5.75 Å². The van der Waals surface area contributed by atoms with Gasteiger partial charge in [0.2, 0.25) is 0 Å². The van der Waals surface area contributed by atoms with E-state index in [1.54, 1.807) is 12.5 Å². The highest BCUT2D eigenvalue weighted by atomic mass is 79.9. The van der Waals surface area contributed by atoms with Crippen LogP contribution in [0.3, 0.4) is 0 Å². The van der Waals surface area contributed by atoms with E-state index in [1.165, 1.54) is 5.56 Å². The Morgan fingerprint density at radius 2 is 1.93 bits per heavy atom. The molecule has 0 aliphatic carbocycles. The molecule has 6 heteroatoms. The van der Waals surface area contributed by atoms with Crippen molar-refractivity contribution in [2.24, 2.45) is 0 Å². The molecule has 1 unspecified atom stereocenters. The number of amides is 1. The lowest BCUT2D eigenvalue weighted by Gasteiger charge is -2.17. The van der Waals surface area contributed by atoms with Crippen LogP contribution in [-0.4, -0.2) is 40.1 Å². The Bertz CT molecular complexity index is 908. The molecule has 1 amide bonds. The van der Waals surface area contributed by atoms with Crippen LogP contribution in [0, 0.1) is 0 Å². The fraction of sp³-hybridized carbons (Fsp3) is 0.273. The standard InChI is InChI=1S/C22H22BrN3O2/c23-20-5-1-17(2-6-20)19-9-11-26(15-19)22(27)18-3-7-21(8-4-18)28-14-13-25-12-10-24-16-25/h1-8,10,12,16,19H,9,11,13-15H2. The van der Waals surface area contributed by atoms with E-state index in [0.29, 0.717) is 18.1 Å². The molecule has 2 aromatic carbocycles. The average molecular weight is 440 g/mol. The molecule has 0 radical (unpaired) electrons. The van der Waals surface area contributed by atoms with Gasteiger partial charge in [-0.15, -0.1) is 0 Å². The van der Waals surface area contributed by atoms with Gasteiger partial charge < -0.3 is 14.2 Å². The molecule has 3 aromatic rings. The maximum atomic E-state index is 12.8. The number of benzene rings is 2. The van der Waals surface area contributed by atoms with Crippen LogP contribution >= 0.6 is 15.9 Å². The van der Waals surface area contributed by atoms with Gasteiger partial charge in [0.25, 0.3) is 5.91 Å². The van der Waals surface area contributed by atoms with Gasteiger partial charge in [-0.05, 0) is 48.4 Å². The van der Waals surface area contributed by atoms with Crippen molar-refractivity contribution in [2.75, 3.05) is 19.7 Å². The van der Waals surface area contributed by atoms with Crippen LogP contribution in [0.1, 0.15) is 28.3 Å². The summed E-state index contributed by atoms with van der Waals surface area (Å²) in [6.07, 6.45) is 6.42. The molecule has 0 spiro atoms. The van der Waals surface area contributed by atoms with Crippen LogP contribution in [-0.2, 0) is 6.54 Å². The molecule has 1 aromatic heterocycles. The molecule has 1 fully saturated rings. The summed E-state index contributed by atoms with van der Waals surface area (Å²) in [6.45, 7) is 2.86. The van der Waals surface area contributed by atoms with Gasteiger partial charge in [-0.2, -0.15) is 0 Å². The van der Waals surface area contributed by atoms with Crippen LogP contribution in [0.4, 0.5) is 0 Å². The lowest BCUT2D eigenvalue weighted by molar-refractivity contribution is 0.0790. The predicted molar refractivity (Wildman–Crippen MR) is 112 cm³/mol. The molecule has 0 N–H and O–H groups in total. The van der Waals surface area contributed by atoms with Crippen molar-refractivity contribution in [2.45, 2.75) is 18.9 Å². The van der Waals surface area contributed by atoms with Crippen molar-refractivity contribution < 1.29 is 9.53 Å². The monoisotopic (exact) mass is 439 g/mol. The smallest absolute Gasteiger partial charge is 0.253 e. The van der Waals surface area contributed by atoms with Gasteiger partial charge in [-0.25, -0.2) is 4.98 Å². The SMILES string of the molecule is O=C(c1ccc(OCCn2ccnc2)cc1)N1CCC(c2ccc(Br)cc2)C1. The summed E-state index contributed by atoms with van der Waals surface area (Å²) in [5.74, 6) is 1.26. The molecule has 1 atom stereocenters. The van der Waals surface area contributed by atoms with Crippen LogP contribution in [0.25, 0.3) is 0 Å². The molecule has 28 heavy (non-hydrogen) atoms. The van der Waals surface area contributed by atoms with Gasteiger partial charge >= 0.3 is 0 Å². The van der Waals surface area contributed by atoms with Gasteiger partial charge in [0.05, 0.1) is 12.9 Å². The molecule has 0 bridgehead atoms. The molecule has 2 heterocycles. The van der Waals surface area contributed by atoms with Gasteiger partial charge in [-0.3, -0.25) is 4.79 Å². The molecule has 5 nitrogen and oxygen atoms in total. The summed E-state index contributed by atoms with van der Waals surface area (Å²) < 4.78 is 8.79. The second-order valence-electron chi connectivity index (χ2n) is 6.96. The molecule has 1 aliphatic rings. The Balaban J connectivity index is 1.31. The number of imidazole rings is 1. The number of aromatic nitrogens is 2. The predicted octanol–water partition coefficient (Wildman–Crippen LogP) is 4.35. The summed E-state index contributed by atoms with van der Waals surface area (Å²) in [6, 6.07) is 15.8. The molecular formula is C22H22BrN3O2. The number of carbonyl (C=O) groups is 1. The minimum absolute atomic E-state index is 0.0876. The number of likely N-dealkylation sites (tertiary alicyclic amines) is 1. The molecular weight excluding hydrogens is 418 g/mol. The molecule has 1 saturated heterocycles. The van der Waals surface area contributed by atoms with E-state index in [2.05, 4.69) is 45.2 Å². The van der Waals surface area contributed by atoms with Gasteiger partial charge in [-0.1, -0.05) is 28.1 Å². The lowest BCUT2D eigenvalue weighted by Crippen LogP contribution is -2.28. The topological polar surface area (TPSA) is 47.4 Å². The maximum absolute atomic E-state index is 12.8. The highest BCUT2D eigenvalue weighted by molar-refractivity contribution is 9.10. The van der Waals surface area contributed by atoms with Crippen LogP contribution in [0.2, 0.25) is 0 Å². The first-order valence-corrected chi connectivity index (χ1v) is 10.2. The summed E-state index contributed by atoms with van der Waals surface area (Å²) in [5.41, 5.74) is 2.00. The van der Waals surface area contributed by atoms with Gasteiger partial charge in [0.1, 0.15) is 12.4 Å². The number of halogens is 1. The first kappa shape index (κ1) is 18.7. The van der Waals surface area contributed by atoms with Crippen molar-refractivity contribution in [1.82, 2.24) is 14.5 Å². The third kappa shape index (κ3) is 4.44. The Hall–Kier alpha value is -2.60. The zero-order valence-corrected chi connectivity index (χ0v) is 17.1.